The molecule has 18 heavy (non-hydrogen) atoms. The van der Waals surface area contributed by atoms with E-state index < -0.39 is 0 Å². The fraction of sp³-hybridized carbons (Fsp3) is 0.733. The van der Waals surface area contributed by atoms with E-state index in [-0.39, 0.29) is 0 Å². The average molecular weight is 267 g/mol. The number of hydrogen-bond donors (Lipinski definition) is 1. The van der Waals surface area contributed by atoms with Crippen LogP contribution < -0.4 is 5.32 Å². The average Bonchev–Trinajstić information content (AvgIpc) is 3.12. The molecule has 102 valence electrons. The lowest BCUT2D eigenvalue weighted by atomic mass is 9.98. The van der Waals surface area contributed by atoms with E-state index in [9.17, 15) is 0 Å². The van der Waals surface area contributed by atoms with Gasteiger partial charge in [0.15, 0.2) is 0 Å². The summed E-state index contributed by atoms with van der Waals surface area (Å²) in [5, 5.41) is 5.90. The minimum absolute atomic E-state index is 0.356. The van der Waals surface area contributed by atoms with Crippen molar-refractivity contribution >= 4 is 11.3 Å². The molecule has 2 unspecified atom stereocenters. The van der Waals surface area contributed by atoms with Gasteiger partial charge in [-0.25, -0.2) is 0 Å². The first-order valence-corrected chi connectivity index (χ1v) is 8.04. The predicted octanol–water partition coefficient (Wildman–Crippen LogP) is 3.91. The molecular weight excluding hydrogens is 242 g/mol. The largest absolute Gasteiger partial charge is 0.376 e. The number of rotatable bonds is 8. The Kier molecular flexibility index (Phi) is 5.22. The molecule has 1 fully saturated rings. The van der Waals surface area contributed by atoms with Crippen molar-refractivity contribution in [2.24, 2.45) is 5.92 Å². The molecule has 2 nitrogen and oxygen atoms in total. The third-order valence-electron chi connectivity index (χ3n) is 3.62. The lowest BCUT2D eigenvalue weighted by Crippen LogP contribution is -2.36. The molecule has 3 heteroatoms. The van der Waals surface area contributed by atoms with Gasteiger partial charge in [-0.05, 0) is 62.6 Å². The van der Waals surface area contributed by atoms with Gasteiger partial charge in [0.2, 0.25) is 0 Å². The summed E-state index contributed by atoms with van der Waals surface area (Å²) >= 11 is 1.84. The van der Waals surface area contributed by atoms with Gasteiger partial charge >= 0.3 is 0 Å². The highest BCUT2D eigenvalue weighted by atomic mass is 32.1. The summed E-state index contributed by atoms with van der Waals surface area (Å²) in [5.74, 6) is 0.763. The Hall–Kier alpha value is -0.380. The Morgan fingerprint density at radius 3 is 2.72 bits per heavy atom. The zero-order valence-electron chi connectivity index (χ0n) is 11.7. The summed E-state index contributed by atoms with van der Waals surface area (Å²) in [5.41, 5.74) is 1.44. The third kappa shape index (κ3) is 3.34. The van der Waals surface area contributed by atoms with Crippen LogP contribution in [0.5, 0.6) is 0 Å². The Balaban J connectivity index is 2.14. The van der Waals surface area contributed by atoms with Crippen molar-refractivity contribution in [3.63, 3.8) is 0 Å². The Labute approximate surface area is 115 Å². The maximum absolute atomic E-state index is 6.05. The van der Waals surface area contributed by atoms with E-state index in [2.05, 4.69) is 37.5 Å². The molecule has 0 amide bonds. The summed E-state index contributed by atoms with van der Waals surface area (Å²) in [7, 11) is 0. The normalized spacial score (nSPS) is 18.8. The maximum atomic E-state index is 6.05. The molecule has 1 heterocycles. The van der Waals surface area contributed by atoms with Crippen LogP contribution in [0.3, 0.4) is 0 Å². The molecular formula is C15H25NOS. The van der Waals surface area contributed by atoms with Gasteiger partial charge in [0, 0.05) is 11.5 Å². The Morgan fingerprint density at radius 2 is 2.22 bits per heavy atom. The van der Waals surface area contributed by atoms with Gasteiger partial charge in [-0.3, -0.25) is 0 Å². The lowest BCUT2D eigenvalue weighted by molar-refractivity contribution is 0.0185. The van der Waals surface area contributed by atoms with E-state index in [1.54, 1.807) is 0 Å². The molecule has 1 aromatic heterocycles. The molecule has 0 aromatic carbocycles. The van der Waals surface area contributed by atoms with Crippen molar-refractivity contribution in [3.05, 3.63) is 21.9 Å². The van der Waals surface area contributed by atoms with E-state index in [1.165, 1.54) is 29.7 Å². The first kappa shape index (κ1) is 14.0. The van der Waals surface area contributed by atoms with Crippen LogP contribution >= 0.6 is 11.3 Å². The zero-order chi connectivity index (χ0) is 13.0. The minimum Gasteiger partial charge on any atom is -0.376 e. The summed E-state index contributed by atoms with van der Waals surface area (Å²) in [6.45, 7) is 8.42. The van der Waals surface area contributed by atoms with Crippen LogP contribution in [-0.4, -0.2) is 19.3 Å². The van der Waals surface area contributed by atoms with Crippen LogP contribution in [0.15, 0.2) is 11.4 Å². The molecule has 0 aliphatic heterocycles. The highest BCUT2D eigenvalue weighted by Gasteiger charge is 2.38. The molecule has 0 spiro atoms. The second kappa shape index (κ2) is 6.69. The van der Waals surface area contributed by atoms with Crippen molar-refractivity contribution in [1.29, 1.82) is 0 Å². The molecule has 1 aromatic rings. The topological polar surface area (TPSA) is 21.3 Å². The third-order valence-corrected chi connectivity index (χ3v) is 4.48. The zero-order valence-corrected chi connectivity index (χ0v) is 12.6. The summed E-state index contributed by atoms with van der Waals surface area (Å²) in [4.78, 5) is 1.42. The van der Waals surface area contributed by atoms with E-state index >= 15 is 0 Å². The smallest absolute Gasteiger partial charge is 0.0798 e. The van der Waals surface area contributed by atoms with Gasteiger partial charge in [0.25, 0.3) is 0 Å². The molecule has 1 N–H and O–H groups in total. The second-order valence-electron chi connectivity index (χ2n) is 5.12. The standard InChI is InChI=1S/C15H25NOS/c1-4-9-16-14(13-8-10-18-11(13)3)15(17-5-2)12-6-7-12/h8,10,12,14-16H,4-7,9H2,1-3H3. The molecule has 0 radical (unpaired) electrons. The van der Waals surface area contributed by atoms with Gasteiger partial charge in [0.05, 0.1) is 12.1 Å². The second-order valence-corrected chi connectivity index (χ2v) is 6.24. The first-order valence-electron chi connectivity index (χ1n) is 7.16. The summed E-state index contributed by atoms with van der Waals surface area (Å²) < 4.78 is 6.05. The quantitative estimate of drug-likeness (QED) is 0.771. The number of hydrogen-bond acceptors (Lipinski definition) is 3. The van der Waals surface area contributed by atoms with Crippen molar-refractivity contribution < 1.29 is 4.74 Å². The number of nitrogens with one attached hydrogen (secondary N) is 1. The van der Waals surface area contributed by atoms with Crippen molar-refractivity contribution in [2.75, 3.05) is 13.2 Å². The van der Waals surface area contributed by atoms with Gasteiger partial charge in [0.1, 0.15) is 0 Å². The van der Waals surface area contributed by atoms with Crippen LogP contribution in [0, 0.1) is 12.8 Å². The fourth-order valence-electron chi connectivity index (χ4n) is 2.54. The van der Waals surface area contributed by atoms with Crippen LogP contribution in [0.4, 0.5) is 0 Å². The lowest BCUT2D eigenvalue weighted by Gasteiger charge is -2.28. The predicted molar refractivity (Wildman–Crippen MR) is 78.2 cm³/mol. The highest BCUT2D eigenvalue weighted by Crippen LogP contribution is 2.41. The number of ether oxygens (including phenoxy) is 1. The highest BCUT2D eigenvalue weighted by molar-refractivity contribution is 7.10. The maximum Gasteiger partial charge on any atom is 0.0798 e. The molecule has 2 atom stereocenters. The molecule has 0 saturated heterocycles. The van der Waals surface area contributed by atoms with Crippen LogP contribution in [0.2, 0.25) is 0 Å². The van der Waals surface area contributed by atoms with Crippen LogP contribution in [0.25, 0.3) is 0 Å². The van der Waals surface area contributed by atoms with Crippen molar-refractivity contribution in [3.8, 4) is 0 Å². The van der Waals surface area contributed by atoms with Crippen molar-refractivity contribution in [2.45, 2.75) is 52.2 Å². The van der Waals surface area contributed by atoms with E-state index in [1.807, 2.05) is 11.3 Å². The van der Waals surface area contributed by atoms with Crippen LogP contribution in [0.1, 0.15) is 49.6 Å². The molecule has 0 bridgehead atoms. The molecule has 1 aliphatic carbocycles. The summed E-state index contributed by atoms with van der Waals surface area (Å²) in [6.07, 6.45) is 4.19. The molecule has 1 saturated carbocycles. The number of aryl methyl sites for hydroxylation is 1. The molecule has 1 aliphatic rings. The van der Waals surface area contributed by atoms with Gasteiger partial charge in [-0.2, -0.15) is 0 Å². The summed E-state index contributed by atoms with van der Waals surface area (Å²) in [6, 6.07) is 2.64. The van der Waals surface area contributed by atoms with E-state index in [0.29, 0.717) is 12.1 Å². The van der Waals surface area contributed by atoms with Crippen LogP contribution in [-0.2, 0) is 4.74 Å². The Morgan fingerprint density at radius 1 is 1.44 bits per heavy atom. The SMILES string of the molecule is CCCNC(c1ccsc1C)C(OCC)C1CC1. The number of thiophene rings is 1. The Bertz CT molecular complexity index is 359. The van der Waals surface area contributed by atoms with E-state index in [0.717, 1.165) is 19.1 Å². The molecule has 2 rings (SSSR count). The monoisotopic (exact) mass is 267 g/mol. The first-order chi connectivity index (χ1) is 8.77. The fourth-order valence-corrected chi connectivity index (χ4v) is 3.29. The minimum atomic E-state index is 0.356. The van der Waals surface area contributed by atoms with Gasteiger partial charge in [-0.1, -0.05) is 6.92 Å². The van der Waals surface area contributed by atoms with Crippen molar-refractivity contribution in [1.82, 2.24) is 5.32 Å². The van der Waals surface area contributed by atoms with E-state index in [4.69, 9.17) is 4.74 Å². The van der Waals surface area contributed by atoms with Gasteiger partial charge in [-0.15, -0.1) is 11.3 Å². The van der Waals surface area contributed by atoms with Gasteiger partial charge < -0.3 is 10.1 Å².